The molecule has 0 saturated carbocycles. The highest BCUT2D eigenvalue weighted by molar-refractivity contribution is 6.28. The number of aromatic nitrogens is 4. The Balaban J connectivity index is 2.46. The fraction of sp³-hybridized carbons (Fsp3) is 0.125. The highest BCUT2D eigenvalue weighted by Gasteiger charge is 1.99. The normalized spacial score (nSPS) is 10.3. The number of hydrogen-bond donors (Lipinski definition) is 0. The van der Waals surface area contributed by atoms with Crippen LogP contribution in [0.3, 0.4) is 0 Å². The summed E-state index contributed by atoms with van der Waals surface area (Å²) in [5.74, 6) is 0.674. The van der Waals surface area contributed by atoms with Crippen LogP contribution in [0.15, 0.2) is 24.7 Å². The molecule has 13 heavy (non-hydrogen) atoms. The Hall–Kier alpha value is -1.42. The van der Waals surface area contributed by atoms with E-state index in [0.29, 0.717) is 5.82 Å². The van der Waals surface area contributed by atoms with Gasteiger partial charge in [0, 0.05) is 18.5 Å². The molecule has 0 unspecified atom stereocenters. The smallest absolute Gasteiger partial charge is 0.224 e. The van der Waals surface area contributed by atoms with Gasteiger partial charge in [-0.2, -0.15) is 10.1 Å². The highest BCUT2D eigenvalue weighted by atomic mass is 35.5. The van der Waals surface area contributed by atoms with Crippen molar-refractivity contribution in [2.75, 3.05) is 0 Å². The van der Waals surface area contributed by atoms with E-state index in [2.05, 4.69) is 15.1 Å². The summed E-state index contributed by atoms with van der Waals surface area (Å²) in [5, 5.41) is 4.32. The number of aryl methyl sites for hydroxylation is 1. The maximum Gasteiger partial charge on any atom is 0.224 e. The van der Waals surface area contributed by atoms with E-state index in [4.69, 9.17) is 11.6 Å². The Labute approximate surface area is 80.2 Å². The van der Waals surface area contributed by atoms with Crippen molar-refractivity contribution in [2.24, 2.45) is 0 Å². The van der Waals surface area contributed by atoms with Gasteiger partial charge in [0.15, 0.2) is 5.82 Å². The number of nitrogens with zero attached hydrogens (tertiary/aromatic N) is 4. The summed E-state index contributed by atoms with van der Waals surface area (Å²) >= 11 is 5.64. The van der Waals surface area contributed by atoms with Crippen LogP contribution in [0.4, 0.5) is 0 Å². The standard InChI is InChI=1S/C8H7ClN4/c1-6-4-11-13(5-6)7-2-3-10-8(9)12-7/h2-5H,1H3. The van der Waals surface area contributed by atoms with E-state index in [1.807, 2.05) is 13.1 Å². The van der Waals surface area contributed by atoms with Gasteiger partial charge in [-0.1, -0.05) is 0 Å². The molecule has 0 fully saturated rings. The zero-order valence-electron chi connectivity index (χ0n) is 6.98. The van der Waals surface area contributed by atoms with Crippen LogP contribution in [0.5, 0.6) is 0 Å². The minimum atomic E-state index is 0.227. The van der Waals surface area contributed by atoms with Gasteiger partial charge in [0.25, 0.3) is 0 Å². The van der Waals surface area contributed by atoms with E-state index in [1.54, 1.807) is 23.1 Å². The second-order valence-corrected chi connectivity index (χ2v) is 2.98. The Morgan fingerprint density at radius 3 is 2.92 bits per heavy atom. The molecule has 0 spiro atoms. The van der Waals surface area contributed by atoms with Crippen LogP contribution in [0.1, 0.15) is 5.56 Å². The maximum absolute atomic E-state index is 5.64. The number of rotatable bonds is 1. The van der Waals surface area contributed by atoms with Gasteiger partial charge in [0.1, 0.15) is 0 Å². The first-order valence-corrected chi connectivity index (χ1v) is 4.14. The van der Waals surface area contributed by atoms with E-state index in [1.165, 1.54) is 0 Å². The van der Waals surface area contributed by atoms with Gasteiger partial charge in [-0.15, -0.1) is 0 Å². The van der Waals surface area contributed by atoms with Crippen molar-refractivity contribution in [3.8, 4) is 5.82 Å². The molecular weight excluding hydrogens is 188 g/mol. The van der Waals surface area contributed by atoms with Crippen LogP contribution in [-0.4, -0.2) is 19.7 Å². The zero-order chi connectivity index (χ0) is 9.26. The lowest BCUT2D eigenvalue weighted by Gasteiger charge is -1.98. The number of halogens is 1. The maximum atomic E-state index is 5.64. The average Bonchev–Trinajstić information content (AvgIpc) is 2.52. The lowest BCUT2D eigenvalue weighted by Crippen LogP contribution is -1.98. The first kappa shape index (κ1) is 8.19. The molecule has 0 bridgehead atoms. The van der Waals surface area contributed by atoms with Crippen molar-refractivity contribution in [3.63, 3.8) is 0 Å². The SMILES string of the molecule is Cc1cnn(-c2ccnc(Cl)n2)c1. The zero-order valence-corrected chi connectivity index (χ0v) is 7.73. The van der Waals surface area contributed by atoms with Crippen LogP contribution >= 0.6 is 11.6 Å². The van der Waals surface area contributed by atoms with Gasteiger partial charge >= 0.3 is 0 Å². The molecule has 0 saturated heterocycles. The third-order valence-corrected chi connectivity index (χ3v) is 1.74. The van der Waals surface area contributed by atoms with E-state index >= 15 is 0 Å². The summed E-state index contributed by atoms with van der Waals surface area (Å²) in [4.78, 5) is 7.80. The van der Waals surface area contributed by atoms with Crippen molar-refractivity contribution in [3.05, 3.63) is 35.5 Å². The van der Waals surface area contributed by atoms with Gasteiger partial charge in [-0.3, -0.25) is 0 Å². The molecule has 2 aromatic rings. The van der Waals surface area contributed by atoms with Gasteiger partial charge < -0.3 is 0 Å². The molecule has 0 aliphatic rings. The Bertz CT molecular complexity index is 424. The van der Waals surface area contributed by atoms with Crippen molar-refractivity contribution in [1.82, 2.24) is 19.7 Å². The van der Waals surface area contributed by atoms with Crippen LogP contribution in [0.2, 0.25) is 5.28 Å². The number of hydrogen-bond acceptors (Lipinski definition) is 3. The van der Waals surface area contributed by atoms with Crippen molar-refractivity contribution in [2.45, 2.75) is 6.92 Å². The quantitative estimate of drug-likeness (QED) is 0.648. The van der Waals surface area contributed by atoms with Crippen molar-refractivity contribution >= 4 is 11.6 Å². The first-order valence-electron chi connectivity index (χ1n) is 3.76. The summed E-state index contributed by atoms with van der Waals surface area (Å²) in [7, 11) is 0. The molecule has 0 radical (unpaired) electrons. The lowest BCUT2D eigenvalue weighted by molar-refractivity contribution is 0.839. The first-order chi connectivity index (χ1) is 6.25. The molecule has 2 rings (SSSR count). The van der Waals surface area contributed by atoms with E-state index in [9.17, 15) is 0 Å². The summed E-state index contributed by atoms with van der Waals surface area (Å²) in [6.07, 6.45) is 5.23. The summed E-state index contributed by atoms with van der Waals surface area (Å²) in [6.45, 7) is 1.96. The second kappa shape index (κ2) is 3.14. The highest BCUT2D eigenvalue weighted by Crippen LogP contribution is 2.06. The minimum absolute atomic E-state index is 0.227. The second-order valence-electron chi connectivity index (χ2n) is 2.65. The molecule has 2 heterocycles. The van der Waals surface area contributed by atoms with E-state index < -0.39 is 0 Å². The Kier molecular flexibility index (Phi) is 1.98. The molecule has 0 aliphatic carbocycles. The molecule has 5 heteroatoms. The van der Waals surface area contributed by atoms with Gasteiger partial charge in [-0.05, 0) is 24.1 Å². The predicted octanol–water partition coefficient (Wildman–Crippen LogP) is 1.62. The van der Waals surface area contributed by atoms with Crippen LogP contribution in [0.25, 0.3) is 5.82 Å². The molecular formula is C8H7ClN4. The molecule has 0 aliphatic heterocycles. The summed E-state index contributed by atoms with van der Waals surface area (Å²) in [6, 6.07) is 1.75. The molecule has 2 aromatic heterocycles. The van der Waals surface area contributed by atoms with Gasteiger partial charge in [0.05, 0.1) is 6.20 Å². The van der Waals surface area contributed by atoms with Crippen LogP contribution < -0.4 is 0 Å². The fourth-order valence-corrected chi connectivity index (χ4v) is 1.13. The third-order valence-electron chi connectivity index (χ3n) is 1.56. The van der Waals surface area contributed by atoms with Crippen LogP contribution in [0, 0.1) is 6.92 Å². The van der Waals surface area contributed by atoms with Gasteiger partial charge in [0.2, 0.25) is 5.28 Å². The molecule has 66 valence electrons. The molecule has 4 nitrogen and oxygen atoms in total. The Morgan fingerprint density at radius 1 is 1.46 bits per heavy atom. The lowest BCUT2D eigenvalue weighted by atomic mass is 10.4. The van der Waals surface area contributed by atoms with Gasteiger partial charge in [-0.25, -0.2) is 9.67 Å². The molecule has 0 amide bonds. The van der Waals surface area contributed by atoms with E-state index in [0.717, 1.165) is 5.56 Å². The average molecular weight is 195 g/mol. The summed E-state index contributed by atoms with van der Waals surface area (Å²) in [5.41, 5.74) is 1.08. The van der Waals surface area contributed by atoms with Crippen LogP contribution in [-0.2, 0) is 0 Å². The monoisotopic (exact) mass is 194 g/mol. The molecule has 0 aromatic carbocycles. The molecule has 0 N–H and O–H groups in total. The topological polar surface area (TPSA) is 43.6 Å². The van der Waals surface area contributed by atoms with E-state index in [-0.39, 0.29) is 5.28 Å². The largest absolute Gasteiger partial charge is 0.226 e. The van der Waals surface area contributed by atoms with Crippen molar-refractivity contribution < 1.29 is 0 Å². The Morgan fingerprint density at radius 2 is 2.31 bits per heavy atom. The predicted molar refractivity (Wildman–Crippen MR) is 48.9 cm³/mol. The summed E-state index contributed by atoms with van der Waals surface area (Å²) < 4.78 is 1.66. The fourth-order valence-electron chi connectivity index (χ4n) is 0.992. The third kappa shape index (κ3) is 1.67. The van der Waals surface area contributed by atoms with Crippen molar-refractivity contribution in [1.29, 1.82) is 0 Å². The molecule has 0 atom stereocenters. The minimum Gasteiger partial charge on any atom is -0.226 e.